The fraction of sp³-hybridized carbons (Fsp3) is 0.636. The molecule has 1 aromatic rings. The lowest BCUT2D eigenvalue weighted by atomic mass is 10.1. The Balaban J connectivity index is 1.77. The van der Waals surface area contributed by atoms with Crippen LogP contribution in [-0.2, 0) is 0 Å². The summed E-state index contributed by atoms with van der Waals surface area (Å²) in [6.07, 6.45) is 5.51. The van der Waals surface area contributed by atoms with E-state index in [1.165, 1.54) is 0 Å². The number of aliphatic hydroxyl groups excluding tert-OH is 1. The molecule has 0 aliphatic carbocycles. The summed E-state index contributed by atoms with van der Waals surface area (Å²) < 4.78 is 0. The second-order valence-corrected chi connectivity index (χ2v) is 4.08. The van der Waals surface area contributed by atoms with Gasteiger partial charge in [0.2, 0.25) is 0 Å². The fourth-order valence-electron chi connectivity index (χ4n) is 2.03. The Labute approximate surface area is 95.5 Å². The Bertz CT molecular complexity index is 298. The van der Waals surface area contributed by atoms with E-state index in [1.807, 2.05) is 6.07 Å². The summed E-state index contributed by atoms with van der Waals surface area (Å²) in [5.74, 6) is 0.899. The standard InChI is InChI=1S/C11H18N4O/c16-8-7-15-5-2-10(3-6-15)14-11-1-4-12-9-13-11/h1,4,9-10,16H,2-3,5-8H2,(H,12,13,14). The maximum absolute atomic E-state index is 8.85. The first kappa shape index (κ1) is 11.3. The van der Waals surface area contributed by atoms with Gasteiger partial charge < -0.3 is 15.3 Å². The van der Waals surface area contributed by atoms with Crippen LogP contribution >= 0.6 is 0 Å². The van der Waals surface area contributed by atoms with Crippen LogP contribution in [0.15, 0.2) is 18.6 Å². The van der Waals surface area contributed by atoms with E-state index in [2.05, 4.69) is 20.2 Å². The molecular formula is C11H18N4O. The van der Waals surface area contributed by atoms with Crippen LogP contribution in [0, 0.1) is 0 Å². The lowest BCUT2D eigenvalue weighted by Crippen LogP contribution is -2.40. The maximum atomic E-state index is 8.85. The number of anilines is 1. The summed E-state index contributed by atoms with van der Waals surface area (Å²) in [5, 5.41) is 12.2. The van der Waals surface area contributed by atoms with Crippen molar-refractivity contribution in [3.8, 4) is 0 Å². The third-order valence-electron chi connectivity index (χ3n) is 2.94. The molecule has 0 spiro atoms. The lowest BCUT2D eigenvalue weighted by molar-refractivity contribution is 0.168. The molecule has 0 saturated carbocycles. The molecule has 1 aliphatic rings. The monoisotopic (exact) mass is 222 g/mol. The van der Waals surface area contributed by atoms with Gasteiger partial charge in [0, 0.05) is 31.9 Å². The Kier molecular flexibility index (Phi) is 4.07. The summed E-state index contributed by atoms with van der Waals surface area (Å²) in [6, 6.07) is 2.38. The van der Waals surface area contributed by atoms with Crippen LogP contribution in [0.3, 0.4) is 0 Å². The number of nitrogens with zero attached hydrogens (tertiary/aromatic N) is 3. The van der Waals surface area contributed by atoms with Gasteiger partial charge in [-0.25, -0.2) is 9.97 Å². The van der Waals surface area contributed by atoms with Crippen molar-refractivity contribution in [2.75, 3.05) is 31.6 Å². The van der Waals surface area contributed by atoms with Gasteiger partial charge in [-0.3, -0.25) is 0 Å². The molecule has 2 heterocycles. The van der Waals surface area contributed by atoms with E-state index in [1.54, 1.807) is 12.5 Å². The minimum atomic E-state index is 0.254. The summed E-state index contributed by atoms with van der Waals surface area (Å²) in [7, 11) is 0. The Hall–Kier alpha value is -1.20. The number of β-amino-alcohol motifs (C(OH)–C–C–N with tert-alkyl or cyclic N) is 1. The van der Waals surface area contributed by atoms with E-state index in [-0.39, 0.29) is 6.61 Å². The molecule has 1 aliphatic heterocycles. The molecule has 16 heavy (non-hydrogen) atoms. The zero-order chi connectivity index (χ0) is 11.2. The van der Waals surface area contributed by atoms with E-state index in [0.29, 0.717) is 6.04 Å². The first-order valence-corrected chi connectivity index (χ1v) is 5.74. The van der Waals surface area contributed by atoms with Crippen molar-refractivity contribution in [3.05, 3.63) is 18.6 Å². The maximum Gasteiger partial charge on any atom is 0.129 e. The summed E-state index contributed by atoms with van der Waals surface area (Å²) in [6.45, 7) is 3.14. The highest BCUT2D eigenvalue weighted by molar-refractivity contribution is 5.33. The average Bonchev–Trinajstić information content (AvgIpc) is 2.33. The van der Waals surface area contributed by atoms with Gasteiger partial charge in [-0.1, -0.05) is 0 Å². The van der Waals surface area contributed by atoms with Gasteiger partial charge in [0.05, 0.1) is 6.61 Å². The van der Waals surface area contributed by atoms with Crippen LogP contribution in [0.25, 0.3) is 0 Å². The molecular weight excluding hydrogens is 204 g/mol. The molecule has 0 atom stereocenters. The molecule has 1 aromatic heterocycles. The van der Waals surface area contributed by atoms with Crippen molar-refractivity contribution in [1.29, 1.82) is 0 Å². The van der Waals surface area contributed by atoms with Crippen LogP contribution in [-0.4, -0.2) is 52.3 Å². The predicted octanol–water partition coefficient (Wildman–Crippen LogP) is 0.345. The normalized spacial score (nSPS) is 18.6. The van der Waals surface area contributed by atoms with Crippen molar-refractivity contribution in [2.45, 2.75) is 18.9 Å². The van der Waals surface area contributed by atoms with E-state index < -0.39 is 0 Å². The smallest absolute Gasteiger partial charge is 0.129 e. The molecule has 2 N–H and O–H groups in total. The fourth-order valence-corrected chi connectivity index (χ4v) is 2.03. The molecule has 0 unspecified atom stereocenters. The molecule has 5 nitrogen and oxygen atoms in total. The number of hydrogen-bond donors (Lipinski definition) is 2. The highest BCUT2D eigenvalue weighted by atomic mass is 16.3. The largest absolute Gasteiger partial charge is 0.395 e. The molecule has 5 heteroatoms. The molecule has 0 aromatic carbocycles. The van der Waals surface area contributed by atoms with Crippen molar-refractivity contribution in [2.24, 2.45) is 0 Å². The van der Waals surface area contributed by atoms with Gasteiger partial charge in [0.25, 0.3) is 0 Å². The van der Waals surface area contributed by atoms with Crippen molar-refractivity contribution < 1.29 is 5.11 Å². The summed E-state index contributed by atoms with van der Waals surface area (Å²) in [4.78, 5) is 10.3. The van der Waals surface area contributed by atoms with Gasteiger partial charge in [0.15, 0.2) is 0 Å². The van der Waals surface area contributed by atoms with Crippen LogP contribution in [0.2, 0.25) is 0 Å². The molecule has 1 saturated heterocycles. The SMILES string of the molecule is OCCN1CCC(Nc2ccncn2)CC1. The molecule has 0 radical (unpaired) electrons. The zero-order valence-corrected chi connectivity index (χ0v) is 9.34. The Morgan fingerprint density at radius 3 is 2.88 bits per heavy atom. The van der Waals surface area contributed by atoms with Gasteiger partial charge in [-0.05, 0) is 18.9 Å². The Morgan fingerprint density at radius 2 is 2.25 bits per heavy atom. The van der Waals surface area contributed by atoms with Gasteiger partial charge in [-0.15, -0.1) is 0 Å². The highest BCUT2D eigenvalue weighted by Gasteiger charge is 2.18. The van der Waals surface area contributed by atoms with Gasteiger partial charge in [-0.2, -0.15) is 0 Å². The average molecular weight is 222 g/mol. The van der Waals surface area contributed by atoms with Crippen LogP contribution in [0.4, 0.5) is 5.82 Å². The van der Waals surface area contributed by atoms with Crippen molar-refractivity contribution in [3.63, 3.8) is 0 Å². The van der Waals surface area contributed by atoms with Crippen LogP contribution in [0.1, 0.15) is 12.8 Å². The molecule has 1 fully saturated rings. The second-order valence-electron chi connectivity index (χ2n) is 4.08. The Morgan fingerprint density at radius 1 is 1.44 bits per heavy atom. The zero-order valence-electron chi connectivity index (χ0n) is 9.34. The predicted molar refractivity (Wildman–Crippen MR) is 62.2 cm³/mol. The number of likely N-dealkylation sites (tertiary alicyclic amines) is 1. The first-order valence-electron chi connectivity index (χ1n) is 5.74. The lowest BCUT2D eigenvalue weighted by Gasteiger charge is -2.32. The quantitative estimate of drug-likeness (QED) is 0.769. The van der Waals surface area contributed by atoms with Crippen LogP contribution < -0.4 is 5.32 Å². The molecule has 0 bridgehead atoms. The number of aliphatic hydroxyl groups is 1. The van der Waals surface area contributed by atoms with Crippen LogP contribution in [0.5, 0.6) is 0 Å². The van der Waals surface area contributed by atoms with E-state index in [4.69, 9.17) is 5.11 Å². The van der Waals surface area contributed by atoms with Gasteiger partial charge >= 0.3 is 0 Å². The number of hydrogen-bond acceptors (Lipinski definition) is 5. The summed E-state index contributed by atoms with van der Waals surface area (Å²) >= 11 is 0. The second kappa shape index (κ2) is 5.77. The van der Waals surface area contributed by atoms with E-state index in [0.717, 1.165) is 38.3 Å². The minimum absolute atomic E-state index is 0.254. The number of aromatic nitrogens is 2. The number of nitrogens with one attached hydrogen (secondary N) is 1. The summed E-state index contributed by atoms with van der Waals surface area (Å²) in [5.41, 5.74) is 0. The topological polar surface area (TPSA) is 61.3 Å². The number of piperidine rings is 1. The van der Waals surface area contributed by atoms with Crippen molar-refractivity contribution in [1.82, 2.24) is 14.9 Å². The third kappa shape index (κ3) is 3.15. The molecule has 88 valence electrons. The molecule has 2 rings (SSSR count). The van der Waals surface area contributed by atoms with E-state index >= 15 is 0 Å². The number of rotatable bonds is 4. The minimum Gasteiger partial charge on any atom is -0.395 e. The van der Waals surface area contributed by atoms with E-state index in [9.17, 15) is 0 Å². The van der Waals surface area contributed by atoms with Gasteiger partial charge in [0.1, 0.15) is 12.1 Å². The first-order chi connectivity index (χ1) is 7.88. The highest BCUT2D eigenvalue weighted by Crippen LogP contribution is 2.14. The van der Waals surface area contributed by atoms with Crippen molar-refractivity contribution >= 4 is 5.82 Å². The molecule has 0 amide bonds. The third-order valence-corrected chi connectivity index (χ3v) is 2.94.